The Kier molecular flexibility index (Phi) is 9.92. The average Bonchev–Trinajstić information content (AvgIpc) is 2.36. The van der Waals surface area contributed by atoms with Gasteiger partial charge in [-0.15, -0.1) is 0 Å². The van der Waals surface area contributed by atoms with E-state index in [1.807, 2.05) is 0 Å². The van der Waals surface area contributed by atoms with Gasteiger partial charge in [-0.3, -0.25) is 4.79 Å². The third-order valence-electron chi connectivity index (χ3n) is 2.57. The van der Waals surface area contributed by atoms with Gasteiger partial charge >= 0.3 is 11.9 Å². The van der Waals surface area contributed by atoms with Gasteiger partial charge in [-0.2, -0.15) is 0 Å². The summed E-state index contributed by atoms with van der Waals surface area (Å²) in [6, 6.07) is 0. The fourth-order valence-corrected chi connectivity index (χ4v) is 1.48. The van der Waals surface area contributed by atoms with Crippen LogP contribution in [0, 0.1) is 0 Å². The Morgan fingerprint density at radius 3 is 2.05 bits per heavy atom. The molecule has 0 aromatic rings. The van der Waals surface area contributed by atoms with Gasteiger partial charge in [-0.1, -0.05) is 19.3 Å². The molecule has 0 heterocycles. The summed E-state index contributed by atoms with van der Waals surface area (Å²) < 4.78 is 4.33. The zero-order valence-electron chi connectivity index (χ0n) is 11.3. The van der Waals surface area contributed by atoms with Crippen molar-refractivity contribution in [1.82, 2.24) is 0 Å². The molecule has 0 spiro atoms. The van der Waals surface area contributed by atoms with Gasteiger partial charge in [0.15, 0.2) is 6.10 Å². The molecule has 6 nitrogen and oxygen atoms in total. The van der Waals surface area contributed by atoms with E-state index in [2.05, 4.69) is 4.74 Å². The molecule has 0 aromatic carbocycles. The van der Waals surface area contributed by atoms with E-state index in [4.69, 9.17) is 10.2 Å². The van der Waals surface area contributed by atoms with Gasteiger partial charge in [0.2, 0.25) is 0 Å². The smallest absolute Gasteiger partial charge is 0.345 e. The van der Waals surface area contributed by atoms with Crippen molar-refractivity contribution in [3.8, 4) is 0 Å². The number of aliphatic hydroxyl groups is 2. The Morgan fingerprint density at radius 2 is 1.53 bits per heavy atom. The molecule has 1 atom stereocenters. The summed E-state index contributed by atoms with van der Waals surface area (Å²) >= 11 is 0. The fourth-order valence-electron chi connectivity index (χ4n) is 1.48. The number of carbonyl (C=O) groups is 3. The van der Waals surface area contributed by atoms with Crippen LogP contribution in [0.3, 0.4) is 0 Å². The van der Waals surface area contributed by atoms with Gasteiger partial charge in [0.1, 0.15) is 5.78 Å². The average molecular weight is 274 g/mol. The van der Waals surface area contributed by atoms with Crippen LogP contribution in [0.5, 0.6) is 0 Å². The van der Waals surface area contributed by atoms with Crippen LogP contribution in [0.2, 0.25) is 0 Å². The van der Waals surface area contributed by atoms with Crippen LogP contribution in [0.4, 0.5) is 0 Å². The minimum absolute atomic E-state index is 0.108. The molecule has 0 fully saturated rings. The molecule has 0 aliphatic heterocycles. The lowest BCUT2D eigenvalue weighted by Crippen LogP contribution is -2.28. The summed E-state index contributed by atoms with van der Waals surface area (Å²) in [6.45, 7) is 0.802. The maximum absolute atomic E-state index is 11.2. The van der Waals surface area contributed by atoms with E-state index in [-0.39, 0.29) is 12.2 Å². The van der Waals surface area contributed by atoms with Crippen molar-refractivity contribution in [2.45, 2.75) is 58.0 Å². The van der Waals surface area contributed by atoms with E-state index in [0.29, 0.717) is 12.8 Å². The molecule has 2 N–H and O–H groups in total. The van der Waals surface area contributed by atoms with Crippen LogP contribution in [-0.2, 0) is 19.1 Å². The fraction of sp³-hybridized carbons (Fsp3) is 0.769. The number of esters is 2. The second kappa shape index (κ2) is 10.6. The van der Waals surface area contributed by atoms with Gasteiger partial charge in [0.05, 0.1) is 6.61 Å². The Hall–Kier alpha value is -1.27. The zero-order valence-corrected chi connectivity index (χ0v) is 11.3. The van der Waals surface area contributed by atoms with E-state index in [0.717, 1.165) is 25.7 Å². The first-order chi connectivity index (χ1) is 8.97. The van der Waals surface area contributed by atoms with Gasteiger partial charge in [-0.25, -0.2) is 4.79 Å². The molecule has 110 valence electrons. The number of aliphatic hydroxyl groups excluding tert-OH is 2. The highest BCUT2D eigenvalue weighted by Gasteiger charge is 2.18. The van der Waals surface area contributed by atoms with E-state index in [1.165, 1.54) is 0 Å². The van der Waals surface area contributed by atoms with Crippen LogP contribution in [0.25, 0.3) is 0 Å². The first kappa shape index (κ1) is 17.7. The van der Waals surface area contributed by atoms with Crippen molar-refractivity contribution in [3.05, 3.63) is 0 Å². The monoisotopic (exact) mass is 274 g/mol. The lowest BCUT2D eigenvalue weighted by Gasteiger charge is -2.06. The third-order valence-corrected chi connectivity index (χ3v) is 2.57. The molecule has 1 unspecified atom stereocenters. The number of hydrogen-bond donors (Lipinski definition) is 2. The highest BCUT2D eigenvalue weighted by atomic mass is 16.6. The lowest BCUT2D eigenvalue weighted by molar-refractivity contribution is -0.167. The van der Waals surface area contributed by atoms with Crippen LogP contribution in [0.15, 0.2) is 0 Å². The van der Waals surface area contributed by atoms with Crippen LogP contribution in [0.1, 0.15) is 51.9 Å². The SMILES string of the molecule is CC(=O)CCCCCCCC(=O)OC(=O)C(O)CO. The molecule has 0 bridgehead atoms. The molecule has 0 aliphatic carbocycles. The highest BCUT2D eigenvalue weighted by molar-refractivity contribution is 5.87. The second-order valence-electron chi connectivity index (χ2n) is 4.46. The summed E-state index contributed by atoms with van der Waals surface area (Å²) in [5, 5.41) is 17.4. The summed E-state index contributed by atoms with van der Waals surface area (Å²) in [4.78, 5) is 32.8. The molecule has 0 radical (unpaired) electrons. The minimum atomic E-state index is -1.66. The second-order valence-corrected chi connectivity index (χ2v) is 4.46. The quantitative estimate of drug-likeness (QED) is 0.346. The number of Topliss-reactive ketones (excluding diaryl/α,β-unsaturated/α-hetero) is 1. The highest BCUT2D eigenvalue weighted by Crippen LogP contribution is 2.08. The maximum Gasteiger partial charge on any atom is 0.345 e. The Morgan fingerprint density at radius 1 is 1.00 bits per heavy atom. The largest absolute Gasteiger partial charge is 0.393 e. The molecule has 0 aromatic heterocycles. The predicted molar refractivity (Wildman–Crippen MR) is 67.2 cm³/mol. The van der Waals surface area contributed by atoms with Crippen LogP contribution in [-0.4, -0.2) is 40.6 Å². The number of carbonyl (C=O) groups excluding carboxylic acids is 3. The van der Waals surface area contributed by atoms with Crippen molar-refractivity contribution in [1.29, 1.82) is 0 Å². The summed E-state index contributed by atoms with van der Waals surface area (Å²) in [6.07, 6.45) is 3.19. The maximum atomic E-state index is 11.2. The van der Waals surface area contributed by atoms with Gasteiger partial charge in [0.25, 0.3) is 0 Å². The van der Waals surface area contributed by atoms with Gasteiger partial charge in [-0.05, 0) is 19.8 Å². The number of ketones is 1. The van der Waals surface area contributed by atoms with E-state index >= 15 is 0 Å². The zero-order chi connectivity index (χ0) is 14.7. The van der Waals surface area contributed by atoms with Crippen molar-refractivity contribution < 1.29 is 29.3 Å². The lowest BCUT2D eigenvalue weighted by atomic mass is 10.1. The van der Waals surface area contributed by atoms with Crippen molar-refractivity contribution in [2.24, 2.45) is 0 Å². The molecule has 6 heteroatoms. The van der Waals surface area contributed by atoms with Crippen molar-refractivity contribution in [3.63, 3.8) is 0 Å². The van der Waals surface area contributed by atoms with E-state index in [1.54, 1.807) is 6.92 Å². The first-order valence-electron chi connectivity index (χ1n) is 6.50. The summed E-state index contributed by atoms with van der Waals surface area (Å²) in [5.41, 5.74) is 0. The molecule has 0 saturated heterocycles. The summed E-state index contributed by atoms with van der Waals surface area (Å²) in [5.74, 6) is -1.63. The number of rotatable bonds is 10. The van der Waals surface area contributed by atoms with Crippen molar-refractivity contribution in [2.75, 3.05) is 6.61 Å². The number of ether oxygens (including phenoxy) is 1. The first-order valence-corrected chi connectivity index (χ1v) is 6.50. The topological polar surface area (TPSA) is 101 Å². The standard InChI is InChI=1S/C13H22O6/c1-10(15)7-5-3-2-4-6-8-12(17)19-13(18)11(16)9-14/h11,14,16H,2-9H2,1H3. The molecule has 0 rings (SSSR count). The normalized spacial score (nSPS) is 11.9. The number of unbranched alkanes of at least 4 members (excludes halogenated alkanes) is 4. The van der Waals surface area contributed by atoms with Gasteiger partial charge in [0, 0.05) is 12.8 Å². The van der Waals surface area contributed by atoms with Crippen molar-refractivity contribution >= 4 is 17.7 Å². The summed E-state index contributed by atoms with van der Waals surface area (Å²) in [7, 11) is 0. The Bertz CT molecular complexity index is 300. The molecule has 0 amide bonds. The van der Waals surface area contributed by atoms with Crippen LogP contribution < -0.4 is 0 Å². The Balaban J connectivity index is 3.48. The molecule has 19 heavy (non-hydrogen) atoms. The van der Waals surface area contributed by atoms with E-state index < -0.39 is 24.6 Å². The van der Waals surface area contributed by atoms with Crippen LogP contribution >= 0.6 is 0 Å². The Labute approximate surface area is 112 Å². The molecule has 0 saturated carbocycles. The molecular weight excluding hydrogens is 252 g/mol. The van der Waals surface area contributed by atoms with E-state index in [9.17, 15) is 14.4 Å². The minimum Gasteiger partial charge on any atom is -0.393 e. The molecule has 0 aliphatic rings. The van der Waals surface area contributed by atoms with Gasteiger partial charge < -0.3 is 19.7 Å². The number of hydrogen-bond acceptors (Lipinski definition) is 6. The third kappa shape index (κ3) is 10.3. The predicted octanol–water partition coefficient (Wildman–Crippen LogP) is 0.729. The molecular formula is C13H22O6.